The van der Waals surface area contributed by atoms with Crippen LogP contribution in [0.3, 0.4) is 0 Å². The van der Waals surface area contributed by atoms with Gasteiger partial charge in [0, 0.05) is 44.4 Å². The third-order valence-corrected chi connectivity index (χ3v) is 4.62. The molecule has 2 aliphatic rings. The standard InChI is InChI=1S/C15H21N3O2/c1-11-3-4-12(5-15(11)18(19)20)6-17-9-13-7-16(2)8-14(13)10-17/h3-5,13-14H,6-10H2,1-2H3. The fourth-order valence-electron chi connectivity index (χ4n) is 3.66. The summed E-state index contributed by atoms with van der Waals surface area (Å²) in [6, 6.07) is 5.61. The Hall–Kier alpha value is -1.46. The van der Waals surface area contributed by atoms with Gasteiger partial charge in [-0.15, -0.1) is 0 Å². The molecule has 0 N–H and O–H groups in total. The number of nitrogens with zero attached hydrogens (tertiary/aromatic N) is 3. The smallest absolute Gasteiger partial charge is 0.272 e. The number of nitro groups is 1. The van der Waals surface area contributed by atoms with Crippen molar-refractivity contribution in [2.24, 2.45) is 11.8 Å². The van der Waals surface area contributed by atoms with Crippen LogP contribution in [0.4, 0.5) is 5.69 Å². The third-order valence-electron chi connectivity index (χ3n) is 4.62. The predicted octanol–water partition coefficient (Wildman–Crippen LogP) is 1.90. The number of hydrogen-bond acceptors (Lipinski definition) is 4. The average Bonchev–Trinajstić information content (AvgIpc) is 2.87. The second-order valence-electron chi connectivity index (χ2n) is 6.31. The molecular weight excluding hydrogens is 254 g/mol. The van der Waals surface area contributed by atoms with Gasteiger partial charge >= 0.3 is 0 Å². The fraction of sp³-hybridized carbons (Fsp3) is 0.600. The first-order valence-electron chi connectivity index (χ1n) is 7.18. The maximum atomic E-state index is 11.0. The first-order chi connectivity index (χ1) is 9.52. The first-order valence-corrected chi connectivity index (χ1v) is 7.18. The number of nitro benzene ring substituents is 1. The quantitative estimate of drug-likeness (QED) is 0.624. The zero-order chi connectivity index (χ0) is 14.3. The van der Waals surface area contributed by atoms with Crippen LogP contribution >= 0.6 is 0 Å². The molecule has 5 nitrogen and oxygen atoms in total. The SMILES string of the molecule is Cc1ccc(CN2CC3CN(C)CC3C2)cc1[N+](=O)[O-]. The maximum Gasteiger partial charge on any atom is 0.272 e. The van der Waals surface area contributed by atoms with Crippen molar-refractivity contribution < 1.29 is 4.92 Å². The van der Waals surface area contributed by atoms with Gasteiger partial charge in [0.15, 0.2) is 0 Å². The normalized spacial score (nSPS) is 26.9. The molecule has 5 heteroatoms. The zero-order valence-electron chi connectivity index (χ0n) is 12.1. The summed E-state index contributed by atoms with van der Waals surface area (Å²) >= 11 is 0. The lowest BCUT2D eigenvalue weighted by Gasteiger charge is -2.19. The van der Waals surface area contributed by atoms with Crippen LogP contribution in [0.5, 0.6) is 0 Å². The van der Waals surface area contributed by atoms with E-state index in [9.17, 15) is 10.1 Å². The predicted molar refractivity (Wildman–Crippen MR) is 77.6 cm³/mol. The summed E-state index contributed by atoms with van der Waals surface area (Å²) in [5.74, 6) is 1.56. The van der Waals surface area contributed by atoms with E-state index in [-0.39, 0.29) is 10.6 Å². The molecule has 0 aliphatic carbocycles. The molecule has 20 heavy (non-hydrogen) atoms. The summed E-state index contributed by atoms with van der Waals surface area (Å²) in [4.78, 5) is 15.6. The van der Waals surface area contributed by atoms with Crippen molar-refractivity contribution in [1.82, 2.24) is 9.80 Å². The summed E-state index contributed by atoms with van der Waals surface area (Å²) < 4.78 is 0. The minimum Gasteiger partial charge on any atom is -0.306 e. The molecule has 3 rings (SSSR count). The fourth-order valence-corrected chi connectivity index (χ4v) is 3.66. The van der Waals surface area contributed by atoms with Crippen LogP contribution in [-0.2, 0) is 6.54 Å². The molecule has 2 unspecified atom stereocenters. The number of aryl methyl sites for hydroxylation is 1. The first kappa shape index (κ1) is 13.5. The van der Waals surface area contributed by atoms with Crippen molar-refractivity contribution in [3.63, 3.8) is 0 Å². The largest absolute Gasteiger partial charge is 0.306 e. The highest BCUT2D eigenvalue weighted by atomic mass is 16.6. The molecule has 1 aromatic rings. The highest BCUT2D eigenvalue weighted by Gasteiger charge is 2.38. The number of fused-ring (bicyclic) bond motifs is 1. The molecule has 0 amide bonds. The molecule has 0 saturated carbocycles. The van der Waals surface area contributed by atoms with Crippen LogP contribution in [0.1, 0.15) is 11.1 Å². The lowest BCUT2D eigenvalue weighted by Crippen LogP contribution is -2.26. The van der Waals surface area contributed by atoms with E-state index in [1.54, 1.807) is 13.0 Å². The Morgan fingerprint density at radius 1 is 1.25 bits per heavy atom. The van der Waals surface area contributed by atoms with Crippen LogP contribution in [0, 0.1) is 28.9 Å². The van der Waals surface area contributed by atoms with Gasteiger partial charge in [-0.1, -0.05) is 12.1 Å². The Balaban J connectivity index is 1.68. The van der Waals surface area contributed by atoms with Gasteiger partial charge in [0.25, 0.3) is 5.69 Å². The monoisotopic (exact) mass is 275 g/mol. The Morgan fingerprint density at radius 2 is 1.90 bits per heavy atom. The molecule has 0 aromatic heterocycles. The van der Waals surface area contributed by atoms with Gasteiger partial charge in [-0.2, -0.15) is 0 Å². The summed E-state index contributed by atoms with van der Waals surface area (Å²) in [6.45, 7) is 7.24. The van der Waals surface area contributed by atoms with Crippen molar-refractivity contribution in [3.05, 3.63) is 39.4 Å². The second-order valence-corrected chi connectivity index (χ2v) is 6.31. The lowest BCUT2D eigenvalue weighted by atomic mass is 10.0. The molecular formula is C15H21N3O2. The Morgan fingerprint density at radius 3 is 2.50 bits per heavy atom. The van der Waals surface area contributed by atoms with Crippen LogP contribution in [0.2, 0.25) is 0 Å². The molecule has 2 saturated heterocycles. The van der Waals surface area contributed by atoms with Crippen molar-refractivity contribution in [2.75, 3.05) is 33.2 Å². The van der Waals surface area contributed by atoms with E-state index in [0.29, 0.717) is 0 Å². The van der Waals surface area contributed by atoms with Crippen LogP contribution < -0.4 is 0 Å². The zero-order valence-corrected chi connectivity index (χ0v) is 12.1. The molecule has 0 radical (unpaired) electrons. The molecule has 2 aliphatic heterocycles. The minimum absolute atomic E-state index is 0.238. The van der Waals surface area contributed by atoms with E-state index in [4.69, 9.17) is 0 Å². The van der Waals surface area contributed by atoms with Crippen LogP contribution in [-0.4, -0.2) is 47.9 Å². The van der Waals surface area contributed by atoms with Gasteiger partial charge in [-0.3, -0.25) is 15.0 Å². The van der Waals surface area contributed by atoms with Crippen LogP contribution in [0.15, 0.2) is 18.2 Å². The van der Waals surface area contributed by atoms with E-state index in [1.807, 2.05) is 12.1 Å². The molecule has 0 bridgehead atoms. The van der Waals surface area contributed by atoms with Crippen molar-refractivity contribution >= 4 is 5.69 Å². The summed E-state index contributed by atoms with van der Waals surface area (Å²) in [5.41, 5.74) is 2.02. The van der Waals surface area contributed by atoms with E-state index in [1.165, 1.54) is 13.1 Å². The number of likely N-dealkylation sites (tertiary alicyclic amines) is 2. The second kappa shape index (κ2) is 5.14. The number of rotatable bonds is 3. The van der Waals surface area contributed by atoms with Gasteiger partial charge in [0.1, 0.15) is 0 Å². The highest BCUT2D eigenvalue weighted by molar-refractivity contribution is 5.42. The molecule has 0 spiro atoms. The Labute approximate surface area is 119 Å². The van der Waals surface area contributed by atoms with Gasteiger partial charge in [-0.05, 0) is 31.4 Å². The summed E-state index contributed by atoms with van der Waals surface area (Å²) in [6.07, 6.45) is 0. The van der Waals surface area contributed by atoms with Crippen molar-refractivity contribution in [2.45, 2.75) is 13.5 Å². The van der Waals surface area contributed by atoms with Gasteiger partial charge in [0.05, 0.1) is 4.92 Å². The van der Waals surface area contributed by atoms with Gasteiger partial charge < -0.3 is 4.90 Å². The summed E-state index contributed by atoms with van der Waals surface area (Å²) in [7, 11) is 2.19. The number of hydrogen-bond donors (Lipinski definition) is 0. The Bertz CT molecular complexity index is 518. The molecule has 1 aromatic carbocycles. The van der Waals surface area contributed by atoms with Crippen molar-refractivity contribution in [3.8, 4) is 0 Å². The molecule has 108 valence electrons. The maximum absolute atomic E-state index is 11.0. The third kappa shape index (κ3) is 2.55. The number of benzene rings is 1. The summed E-state index contributed by atoms with van der Waals surface area (Å²) in [5, 5.41) is 11.0. The van der Waals surface area contributed by atoms with Crippen molar-refractivity contribution in [1.29, 1.82) is 0 Å². The van der Waals surface area contributed by atoms with E-state index < -0.39 is 0 Å². The van der Waals surface area contributed by atoms with Gasteiger partial charge in [-0.25, -0.2) is 0 Å². The molecule has 2 heterocycles. The lowest BCUT2D eigenvalue weighted by molar-refractivity contribution is -0.385. The minimum atomic E-state index is -0.285. The van der Waals surface area contributed by atoms with E-state index in [2.05, 4.69) is 16.8 Å². The average molecular weight is 275 g/mol. The molecule has 2 atom stereocenters. The van der Waals surface area contributed by atoms with Gasteiger partial charge in [0.2, 0.25) is 0 Å². The van der Waals surface area contributed by atoms with E-state index in [0.717, 1.165) is 42.6 Å². The molecule has 2 fully saturated rings. The Kier molecular flexibility index (Phi) is 3.48. The highest BCUT2D eigenvalue weighted by Crippen LogP contribution is 2.31. The topological polar surface area (TPSA) is 49.6 Å². The van der Waals surface area contributed by atoms with Crippen LogP contribution in [0.25, 0.3) is 0 Å². The van der Waals surface area contributed by atoms with E-state index >= 15 is 0 Å².